The lowest BCUT2D eigenvalue weighted by Crippen LogP contribution is -1.70. The fourth-order valence-electron chi connectivity index (χ4n) is 0.637. The molecular formula is C9H15N. The lowest BCUT2D eigenvalue weighted by Gasteiger charge is -1.90. The number of hydrogen-bond acceptors (Lipinski definition) is 1. The molecule has 0 radical (unpaired) electrons. The Morgan fingerprint density at radius 2 is 1.00 bits per heavy atom. The molecule has 0 saturated heterocycles. The van der Waals surface area contributed by atoms with Crippen LogP contribution in [0.3, 0.4) is 0 Å². The molecule has 1 nitrogen and oxygen atoms in total. The zero-order valence-electron chi connectivity index (χ0n) is 6.89. The minimum absolute atomic E-state index is 1.33. The van der Waals surface area contributed by atoms with Crippen LogP contribution in [0.15, 0.2) is 24.3 Å². The third-order valence-corrected chi connectivity index (χ3v) is 1.22. The summed E-state index contributed by atoms with van der Waals surface area (Å²) >= 11 is 0. The van der Waals surface area contributed by atoms with Crippen LogP contribution in [0.2, 0.25) is 0 Å². The van der Waals surface area contributed by atoms with Gasteiger partial charge in [-0.15, -0.1) is 0 Å². The lowest BCUT2D eigenvalue weighted by molar-refractivity contribution is 1.40. The maximum absolute atomic E-state index is 4.50. The van der Waals surface area contributed by atoms with Crippen LogP contribution in [0.1, 0.15) is 11.1 Å². The molecule has 0 fully saturated rings. The van der Waals surface area contributed by atoms with Crippen LogP contribution >= 0.6 is 0 Å². The molecule has 0 aromatic heterocycles. The summed E-state index contributed by atoms with van der Waals surface area (Å²) in [5.74, 6) is 0. The summed E-state index contributed by atoms with van der Waals surface area (Å²) in [6, 6.07) is 8.48. The smallest absolute Gasteiger partial charge is 0.0195 e. The van der Waals surface area contributed by atoms with Gasteiger partial charge >= 0.3 is 0 Å². The topological polar surface area (TPSA) is 26.0 Å². The molecule has 1 heteroatoms. The molecule has 0 heterocycles. The molecule has 0 atom stereocenters. The molecular weight excluding hydrogens is 122 g/mol. The molecule has 0 amide bonds. The summed E-state index contributed by atoms with van der Waals surface area (Å²) in [6.07, 6.45) is 0. The average Bonchev–Trinajstić information content (AvgIpc) is 2.00. The van der Waals surface area contributed by atoms with E-state index < -0.39 is 0 Å². The van der Waals surface area contributed by atoms with Gasteiger partial charge in [-0.25, -0.2) is 0 Å². The maximum atomic E-state index is 4.50. The highest BCUT2D eigenvalue weighted by atomic mass is 14.4. The first-order valence-corrected chi connectivity index (χ1v) is 3.40. The monoisotopic (exact) mass is 137 g/mol. The highest BCUT2D eigenvalue weighted by Gasteiger charge is 1.79. The predicted octanol–water partition coefficient (Wildman–Crippen LogP) is 1.88. The van der Waals surface area contributed by atoms with Gasteiger partial charge < -0.3 is 5.73 Å². The summed E-state index contributed by atoms with van der Waals surface area (Å²) in [5.41, 5.74) is 7.16. The van der Waals surface area contributed by atoms with Crippen molar-refractivity contribution in [2.45, 2.75) is 13.8 Å². The van der Waals surface area contributed by atoms with Crippen molar-refractivity contribution in [2.75, 3.05) is 7.05 Å². The van der Waals surface area contributed by atoms with E-state index in [4.69, 9.17) is 0 Å². The van der Waals surface area contributed by atoms with Gasteiger partial charge in [0.2, 0.25) is 0 Å². The van der Waals surface area contributed by atoms with E-state index in [2.05, 4.69) is 43.8 Å². The van der Waals surface area contributed by atoms with Crippen LogP contribution in [0.4, 0.5) is 0 Å². The highest BCUT2D eigenvalue weighted by molar-refractivity contribution is 5.19. The Hall–Kier alpha value is -0.820. The van der Waals surface area contributed by atoms with Gasteiger partial charge in [-0.3, -0.25) is 0 Å². The van der Waals surface area contributed by atoms with Crippen molar-refractivity contribution < 1.29 is 0 Å². The molecule has 2 N–H and O–H groups in total. The van der Waals surface area contributed by atoms with Crippen LogP contribution in [0.5, 0.6) is 0 Å². The highest BCUT2D eigenvalue weighted by Crippen LogP contribution is 1.99. The number of aryl methyl sites for hydroxylation is 2. The van der Waals surface area contributed by atoms with Crippen LogP contribution in [0.25, 0.3) is 0 Å². The van der Waals surface area contributed by atoms with Crippen LogP contribution in [-0.2, 0) is 0 Å². The van der Waals surface area contributed by atoms with Crippen molar-refractivity contribution in [1.82, 2.24) is 0 Å². The van der Waals surface area contributed by atoms with Crippen LogP contribution < -0.4 is 5.73 Å². The number of rotatable bonds is 0. The average molecular weight is 137 g/mol. The SMILES string of the molecule is CN.Cc1ccc(C)cc1. The zero-order chi connectivity index (χ0) is 7.98. The molecule has 1 rings (SSSR count). The number of benzene rings is 1. The molecule has 0 bridgehead atoms. The molecule has 1 aromatic carbocycles. The van der Waals surface area contributed by atoms with Gasteiger partial charge in [-0.05, 0) is 20.9 Å². The standard InChI is InChI=1S/C8H10.CH5N/c1-7-3-5-8(2)6-4-7;1-2/h3-6H,1-2H3;2H2,1H3. The summed E-state index contributed by atoms with van der Waals surface area (Å²) < 4.78 is 0. The largest absolute Gasteiger partial charge is 0.333 e. The predicted molar refractivity (Wildman–Crippen MR) is 46.0 cm³/mol. The third kappa shape index (κ3) is 3.25. The van der Waals surface area contributed by atoms with Crippen molar-refractivity contribution in [3.8, 4) is 0 Å². The Morgan fingerprint density at radius 1 is 0.800 bits per heavy atom. The Labute approximate surface area is 62.9 Å². The van der Waals surface area contributed by atoms with E-state index in [0.29, 0.717) is 0 Å². The van der Waals surface area contributed by atoms with Gasteiger partial charge in [0.25, 0.3) is 0 Å². The van der Waals surface area contributed by atoms with E-state index in [0.717, 1.165) is 0 Å². The zero-order valence-corrected chi connectivity index (χ0v) is 6.89. The van der Waals surface area contributed by atoms with E-state index in [-0.39, 0.29) is 0 Å². The molecule has 0 spiro atoms. The lowest BCUT2D eigenvalue weighted by atomic mass is 10.2. The van der Waals surface area contributed by atoms with Crippen LogP contribution in [-0.4, -0.2) is 7.05 Å². The van der Waals surface area contributed by atoms with E-state index in [1.165, 1.54) is 18.2 Å². The van der Waals surface area contributed by atoms with Crippen molar-refractivity contribution in [1.29, 1.82) is 0 Å². The molecule has 10 heavy (non-hydrogen) atoms. The Morgan fingerprint density at radius 3 is 1.20 bits per heavy atom. The van der Waals surface area contributed by atoms with Gasteiger partial charge in [-0.1, -0.05) is 35.4 Å². The second kappa shape index (κ2) is 5.00. The fraction of sp³-hybridized carbons (Fsp3) is 0.333. The number of hydrogen-bond donors (Lipinski definition) is 1. The van der Waals surface area contributed by atoms with Crippen molar-refractivity contribution in [3.05, 3.63) is 35.4 Å². The second-order valence-electron chi connectivity index (χ2n) is 2.15. The van der Waals surface area contributed by atoms with E-state index in [1.807, 2.05) is 0 Å². The van der Waals surface area contributed by atoms with Gasteiger partial charge in [0.1, 0.15) is 0 Å². The van der Waals surface area contributed by atoms with Gasteiger partial charge in [0.05, 0.1) is 0 Å². The molecule has 56 valence electrons. The first-order valence-electron chi connectivity index (χ1n) is 3.40. The molecule has 0 aliphatic rings. The number of nitrogens with two attached hydrogens (primary N) is 1. The minimum atomic E-state index is 1.33. The Balaban J connectivity index is 0.000000371. The van der Waals surface area contributed by atoms with Crippen molar-refractivity contribution >= 4 is 0 Å². The molecule has 0 aliphatic carbocycles. The van der Waals surface area contributed by atoms with E-state index >= 15 is 0 Å². The van der Waals surface area contributed by atoms with Crippen molar-refractivity contribution in [2.24, 2.45) is 5.73 Å². The summed E-state index contributed by atoms with van der Waals surface area (Å²) in [7, 11) is 1.50. The summed E-state index contributed by atoms with van der Waals surface area (Å²) in [4.78, 5) is 0. The van der Waals surface area contributed by atoms with Gasteiger partial charge in [0, 0.05) is 0 Å². The fourth-order valence-corrected chi connectivity index (χ4v) is 0.637. The maximum Gasteiger partial charge on any atom is -0.0195 e. The first-order chi connectivity index (χ1) is 4.79. The van der Waals surface area contributed by atoms with E-state index in [1.54, 1.807) is 0 Å². The Kier molecular flexibility index (Phi) is 4.59. The summed E-state index contributed by atoms with van der Waals surface area (Å²) in [6.45, 7) is 4.19. The quantitative estimate of drug-likeness (QED) is 0.580. The molecule has 1 aromatic rings. The Bertz CT molecular complexity index is 144. The molecule has 0 saturated carbocycles. The van der Waals surface area contributed by atoms with Gasteiger partial charge in [-0.2, -0.15) is 0 Å². The second-order valence-corrected chi connectivity index (χ2v) is 2.15. The van der Waals surface area contributed by atoms with E-state index in [9.17, 15) is 0 Å². The summed E-state index contributed by atoms with van der Waals surface area (Å²) in [5, 5.41) is 0. The minimum Gasteiger partial charge on any atom is -0.333 e. The first kappa shape index (κ1) is 9.18. The molecule has 0 aliphatic heterocycles. The normalized spacial score (nSPS) is 8.00. The molecule has 0 unspecified atom stereocenters. The van der Waals surface area contributed by atoms with Crippen LogP contribution in [0, 0.1) is 13.8 Å². The third-order valence-electron chi connectivity index (χ3n) is 1.22. The van der Waals surface area contributed by atoms with Crippen molar-refractivity contribution in [3.63, 3.8) is 0 Å². The van der Waals surface area contributed by atoms with Gasteiger partial charge in [0.15, 0.2) is 0 Å².